The third kappa shape index (κ3) is 5.21. The van der Waals surface area contributed by atoms with Crippen molar-refractivity contribution in [2.45, 2.75) is 58.4 Å². The van der Waals surface area contributed by atoms with Gasteiger partial charge in [0.2, 0.25) is 0 Å². The first-order chi connectivity index (χ1) is 9.21. The third-order valence-electron chi connectivity index (χ3n) is 3.33. The topological polar surface area (TPSA) is 61.8 Å². The van der Waals surface area contributed by atoms with Crippen molar-refractivity contribution < 1.29 is 0 Å². The lowest BCUT2D eigenvalue weighted by atomic mass is 10.0. The molecule has 3 N–H and O–H groups in total. The predicted octanol–water partition coefficient (Wildman–Crippen LogP) is 4.11. The highest BCUT2D eigenvalue weighted by Gasteiger charge is 2.08. The fourth-order valence-corrected chi connectivity index (χ4v) is 2.26. The van der Waals surface area contributed by atoms with Crippen molar-refractivity contribution in [3.8, 4) is 6.07 Å². The van der Waals surface area contributed by atoms with Crippen LogP contribution in [0.25, 0.3) is 0 Å². The Kier molecular flexibility index (Phi) is 6.81. The van der Waals surface area contributed by atoms with Crippen LogP contribution in [0.5, 0.6) is 0 Å². The minimum absolute atomic E-state index is 0.370. The summed E-state index contributed by atoms with van der Waals surface area (Å²) in [6.07, 6.45) is 6.40. The van der Waals surface area contributed by atoms with E-state index in [1.54, 1.807) is 0 Å². The van der Waals surface area contributed by atoms with Gasteiger partial charge in [0.05, 0.1) is 12.5 Å². The zero-order valence-electron chi connectivity index (χ0n) is 12.1. The number of unbranched alkanes of at least 4 members (excludes halogenated alkanes) is 1. The number of benzene rings is 1. The normalized spacial score (nSPS) is 11.8. The number of nitrogen functional groups attached to an aromatic ring is 1. The molecule has 0 aromatic heterocycles. The first kappa shape index (κ1) is 15.4. The van der Waals surface area contributed by atoms with Crippen LogP contribution in [0, 0.1) is 11.3 Å². The number of rotatable bonds is 8. The molecule has 3 nitrogen and oxygen atoms in total. The molecule has 1 aromatic carbocycles. The maximum absolute atomic E-state index is 8.79. The predicted molar refractivity (Wildman–Crippen MR) is 82.0 cm³/mol. The van der Waals surface area contributed by atoms with Crippen molar-refractivity contribution in [2.75, 3.05) is 11.1 Å². The number of hydrogen-bond acceptors (Lipinski definition) is 3. The maximum atomic E-state index is 8.79. The van der Waals surface area contributed by atoms with E-state index in [1.165, 1.54) is 32.1 Å². The van der Waals surface area contributed by atoms with Gasteiger partial charge in [0, 0.05) is 17.4 Å². The Hall–Kier alpha value is -1.69. The van der Waals surface area contributed by atoms with Crippen LogP contribution in [0.15, 0.2) is 18.2 Å². The lowest BCUT2D eigenvalue weighted by Crippen LogP contribution is -2.19. The SMILES string of the molecule is CCCCC(CCC)Nc1ccc(N)c(CC#N)c1. The monoisotopic (exact) mass is 259 g/mol. The van der Waals surface area contributed by atoms with Gasteiger partial charge in [-0.2, -0.15) is 5.26 Å². The van der Waals surface area contributed by atoms with E-state index < -0.39 is 0 Å². The molecular weight excluding hydrogens is 234 g/mol. The van der Waals surface area contributed by atoms with E-state index in [0.29, 0.717) is 18.2 Å². The van der Waals surface area contributed by atoms with Crippen molar-refractivity contribution in [1.29, 1.82) is 5.26 Å². The van der Waals surface area contributed by atoms with Crippen LogP contribution in [0.1, 0.15) is 51.5 Å². The van der Waals surface area contributed by atoms with E-state index >= 15 is 0 Å². The molecule has 19 heavy (non-hydrogen) atoms. The average Bonchev–Trinajstić information content (AvgIpc) is 2.40. The zero-order chi connectivity index (χ0) is 14.1. The number of nitriles is 1. The van der Waals surface area contributed by atoms with Crippen molar-refractivity contribution in [1.82, 2.24) is 0 Å². The highest BCUT2D eigenvalue weighted by atomic mass is 14.9. The fraction of sp³-hybridized carbons (Fsp3) is 0.562. The Morgan fingerprint density at radius 1 is 1.26 bits per heavy atom. The number of anilines is 2. The van der Waals surface area contributed by atoms with Crippen LogP contribution in [0.4, 0.5) is 11.4 Å². The van der Waals surface area contributed by atoms with Gasteiger partial charge < -0.3 is 11.1 Å². The van der Waals surface area contributed by atoms with Crippen LogP contribution in [-0.2, 0) is 6.42 Å². The van der Waals surface area contributed by atoms with Gasteiger partial charge in [-0.05, 0) is 36.6 Å². The Morgan fingerprint density at radius 2 is 2.05 bits per heavy atom. The molecule has 0 radical (unpaired) electrons. The number of nitrogens with one attached hydrogen (secondary N) is 1. The van der Waals surface area contributed by atoms with Crippen LogP contribution < -0.4 is 11.1 Å². The summed E-state index contributed by atoms with van der Waals surface area (Å²) in [5.74, 6) is 0. The molecule has 0 aliphatic heterocycles. The van der Waals surface area contributed by atoms with E-state index in [4.69, 9.17) is 11.0 Å². The molecule has 1 rings (SSSR count). The van der Waals surface area contributed by atoms with E-state index in [0.717, 1.165) is 11.3 Å². The summed E-state index contributed by atoms with van der Waals surface area (Å²) in [4.78, 5) is 0. The van der Waals surface area contributed by atoms with Gasteiger partial charge >= 0.3 is 0 Å². The van der Waals surface area contributed by atoms with Crippen LogP contribution >= 0.6 is 0 Å². The summed E-state index contributed by atoms with van der Waals surface area (Å²) < 4.78 is 0. The van der Waals surface area contributed by atoms with Gasteiger partial charge in [0.15, 0.2) is 0 Å². The van der Waals surface area contributed by atoms with Crippen LogP contribution in [0.2, 0.25) is 0 Å². The summed E-state index contributed by atoms with van der Waals surface area (Å²) in [6.45, 7) is 4.43. The second kappa shape index (κ2) is 8.42. The van der Waals surface area contributed by atoms with E-state index in [-0.39, 0.29) is 0 Å². The molecule has 1 atom stereocenters. The summed E-state index contributed by atoms with van der Waals surface area (Å²) in [7, 11) is 0. The lowest BCUT2D eigenvalue weighted by molar-refractivity contribution is 0.564. The molecule has 0 bridgehead atoms. The van der Waals surface area contributed by atoms with Crippen molar-refractivity contribution in [2.24, 2.45) is 0 Å². The molecule has 0 aliphatic carbocycles. The van der Waals surface area contributed by atoms with Gasteiger partial charge in [-0.15, -0.1) is 0 Å². The Bertz CT molecular complexity index is 420. The van der Waals surface area contributed by atoms with Crippen molar-refractivity contribution in [3.63, 3.8) is 0 Å². The molecule has 0 fully saturated rings. The number of nitrogens with zero attached hydrogens (tertiary/aromatic N) is 1. The second-order valence-electron chi connectivity index (χ2n) is 5.02. The van der Waals surface area contributed by atoms with Crippen LogP contribution in [-0.4, -0.2) is 6.04 Å². The number of hydrogen-bond donors (Lipinski definition) is 2. The molecule has 104 valence electrons. The first-order valence-electron chi connectivity index (χ1n) is 7.23. The van der Waals surface area contributed by atoms with Gasteiger partial charge in [-0.3, -0.25) is 0 Å². The van der Waals surface area contributed by atoms with E-state index in [9.17, 15) is 0 Å². The molecule has 0 heterocycles. The Balaban J connectivity index is 2.72. The van der Waals surface area contributed by atoms with E-state index in [1.807, 2.05) is 18.2 Å². The average molecular weight is 259 g/mol. The maximum Gasteiger partial charge on any atom is 0.0670 e. The lowest BCUT2D eigenvalue weighted by Gasteiger charge is -2.20. The molecule has 3 heteroatoms. The Morgan fingerprint density at radius 3 is 2.68 bits per heavy atom. The van der Waals surface area contributed by atoms with Gasteiger partial charge in [-0.1, -0.05) is 33.1 Å². The van der Waals surface area contributed by atoms with Gasteiger partial charge in [-0.25, -0.2) is 0 Å². The first-order valence-corrected chi connectivity index (χ1v) is 7.23. The van der Waals surface area contributed by atoms with Gasteiger partial charge in [0.25, 0.3) is 0 Å². The molecule has 0 saturated carbocycles. The minimum atomic E-state index is 0.370. The van der Waals surface area contributed by atoms with Crippen molar-refractivity contribution >= 4 is 11.4 Å². The largest absolute Gasteiger partial charge is 0.398 e. The van der Waals surface area contributed by atoms with E-state index in [2.05, 4.69) is 25.2 Å². The molecule has 0 spiro atoms. The summed E-state index contributed by atoms with van der Waals surface area (Å²) in [6, 6.07) is 8.57. The molecular formula is C16H25N3. The standard InChI is InChI=1S/C16H25N3/c1-3-5-7-14(6-4-2)19-15-8-9-16(18)13(12-15)10-11-17/h8-9,12,14,19H,3-7,10,18H2,1-2H3. The van der Waals surface area contributed by atoms with Crippen LogP contribution in [0.3, 0.4) is 0 Å². The molecule has 1 aromatic rings. The smallest absolute Gasteiger partial charge is 0.0670 e. The summed E-state index contributed by atoms with van der Waals surface area (Å²) in [5, 5.41) is 12.4. The molecule has 0 saturated heterocycles. The summed E-state index contributed by atoms with van der Waals surface area (Å²) >= 11 is 0. The molecule has 1 unspecified atom stereocenters. The summed E-state index contributed by atoms with van der Waals surface area (Å²) in [5.41, 5.74) is 8.56. The minimum Gasteiger partial charge on any atom is -0.398 e. The molecule has 0 aliphatic rings. The highest BCUT2D eigenvalue weighted by Crippen LogP contribution is 2.21. The third-order valence-corrected chi connectivity index (χ3v) is 3.33. The number of nitrogens with two attached hydrogens (primary N) is 1. The Labute approximate surface area is 116 Å². The van der Waals surface area contributed by atoms with Gasteiger partial charge in [0.1, 0.15) is 0 Å². The quantitative estimate of drug-likeness (QED) is 0.691. The fourth-order valence-electron chi connectivity index (χ4n) is 2.26. The highest BCUT2D eigenvalue weighted by molar-refractivity contribution is 5.58. The second-order valence-corrected chi connectivity index (χ2v) is 5.02. The van der Waals surface area contributed by atoms with Crippen molar-refractivity contribution in [3.05, 3.63) is 23.8 Å². The molecule has 0 amide bonds. The zero-order valence-corrected chi connectivity index (χ0v) is 12.1.